The van der Waals surface area contributed by atoms with Gasteiger partial charge in [-0.2, -0.15) is 4.99 Å². The highest BCUT2D eigenvalue weighted by Crippen LogP contribution is 2.36. The van der Waals surface area contributed by atoms with Gasteiger partial charge in [0.25, 0.3) is 5.91 Å². The molecule has 0 aliphatic carbocycles. The zero-order chi connectivity index (χ0) is 18.4. The predicted molar refractivity (Wildman–Crippen MR) is 108 cm³/mol. The molecule has 1 aliphatic rings. The van der Waals surface area contributed by atoms with Crippen molar-refractivity contribution in [3.63, 3.8) is 0 Å². The highest BCUT2D eigenvalue weighted by atomic mass is 127. The van der Waals surface area contributed by atoms with Crippen molar-refractivity contribution in [2.45, 2.75) is 13.8 Å². The number of thioether (sulfide) groups is 1. The molecule has 0 aromatic heterocycles. The molecule has 1 aliphatic heterocycles. The summed E-state index contributed by atoms with van der Waals surface area (Å²) in [4.78, 5) is 27.3. The van der Waals surface area contributed by atoms with Crippen LogP contribution >= 0.6 is 34.4 Å². The third-order valence-electron chi connectivity index (χ3n) is 2.88. The zero-order valence-electron chi connectivity index (χ0n) is 13.8. The fourth-order valence-electron chi connectivity index (χ4n) is 1.98. The lowest BCUT2D eigenvalue weighted by molar-refractivity contribution is -0.117. The normalized spacial score (nSPS) is 15.1. The van der Waals surface area contributed by atoms with Crippen LogP contribution in [0, 0.1) is 3.57 Å². The second kappa shape index (κ2) is 9.04. The van der Waals surface area contributed by atoms with Crippen molar-refractivity contribution in [2.24, 2.45) is 4.99 Å². The monoisotopic (exact) mass is 472 g/mol. The Hall–Kier alpha value is -1.81. The third-order valence-corrected chi connectivity index (χ3v) is 4.58. The molecule has 2 amide bonds. The number of hydrogen-bond acceptors (Lipinski definition) is 5. The van der Waals surface area contributed by atoms with E-state index in [0.29, 0.717) is 29.6 Å². The maximum absolute atomic E-state index is 12.0. The predicted octanol–water partition coefficient (Wildman–Crippen LogP) is 3.36. The van der Waals surface area contributed by atoms with Gasteiger partial charge in [-0.25, -0.2) is 0 Å². The van der Waals surface area contributed by atoms with Gasteiger partial charge >= 0.3 is 0 Å². The molecule has 0 saturated heterocycles. The molecule has 25 heavy (non-hydrogen) atoms. The minimum atomic E-state index is -0.381. The molecule has 6 nitrogen and oxygen atoms in total. The largest absolute Gasteiger partial charge is 0.490 e. The van der Waals surface area contributed by atoms with E-state index >= 15 is 0 Å². The smallest absolute Gasteiger partial charge is 0.286 e. The molecular formula is C17H17IN2O4S. The van der Waals surface area contributed by atoms with Gasteiger partial charge in [0.1, 0.15) is 6.61 Å². The Bertz CT molecular complexity index is 774. The maximum Gasteiger partial charge on any atom is 0.286 e. The summed E-state index contributed by atoms with van der Waals surface area (Å²) < 4.78 is 12.2. The summed E-state index contributed by atoms with van der Waals surface area (Å²) in [6, 6.07) is 3.69. The van der Waals surface area contributed by atoms with Gasteiger partial charge in [0.05, 0.1) is 15.1 Å². The van der Waals surface area contributed by atoms with Crippen molar-refractivity contribution in [3.05, 3.63) is 38.8 Å². The van der Waals surface area contributed by atoms with Crippen molar-refractivity contribution in [1.29, 1.82) is 0 Å². The van der Waals surface area contributed by atoms with Gasteiger partial charge in [-0.3, -0.25) is 9.59 Å². The number of nitrogens with zero attached hydrogens (tertiary/aromatic N) is 1. The second-order valence-corrected chi connectivity index (χ2v) is 7.07. The number of amides is 2. The Morgan fingerprint density at radius 2 is 2.20 bits per heavy atom. The molecule has 1 aromatic rings. The van der Waals surface area contributed by atoms with E-state index in [1.54, 1.807) is 18.2 Å². The lowest BCUT2D eigenvalue weighted by Gasteiger charge is -2.13. The van der Waals surface area contributed by atoms with Crippen molar-refractivity contribution < 1.29 is 19.1 Å². The second-order valence-electron chi connectivity index (χ2n) is 4.88. The number of hydrogen-bond donors (Lipinski definition) is 1. The number of carbonyl (C=O) groups excluding carboxylic acids is 2. The number of halogens is 1. The fraction of sp³-hybridized carbons (Fsp3) is 0.235. The summed E-state index contributed by atoms with van der Waals surface area (Å²) in [5.41, 5.74) is 0.786. The summed E-state index contributed by atoms with van der Waals surface area (Å²) in [7, 11) is 0. The minimum Gasteiger partial charge on any atom is -0.490 e. The van der Waals surface area contributed by atoms with Gasteiger partial charge in [-0.1, -0.05) is 12.7 Å². The van der Waals surface area contributed by atoms with Crippen LogP contribution in [0.4, 0.5) is 0 Å². The molecule has 0 bridgehead atoms. The Labute approximate surface area is 163 Å². The Kier molecular flexibility index (Phi) is 7.06. The van der Waals surface area contributed by atoms with Crippen LogP contribution in [0.5, 0.6) is 11.5 Å². The molecule has 0 unspecified atom stereocenters. The summed E-state index contributed by atoms with van der Waals surface area (Å²) >= 11 is 3.28. The topological polar surface area (TPSA) is 77.0 Å². The lowest BCUT2D eigenvalue weighted by atomic mass is 10.2. The van der Waals surface area contributed by atoms with Crippen molar-refractivity contribution in [3.8, 4) is 11.5 Å². The summed E-state index contributed by atoms with van der Waals surface area (Å²) in [6.07, 6.45) is 3.38. The average molecular weight is 472 g/mol. The first-order chi connectivity index (χ1) is 11.9. The van der Waals surface area contributed by atoms with Crippen LogP contribution in [0.3, 0.4) is 0 Å². The first-order valence-corrected chi connectivity index (χ1v) is 9.34. The Morgan fingerprint density at radius 1 is 1.44 bits per heavy atom. The van der Waals surface area contributed by atoms with Crippen LogP contribution in [0.2, 0.25) is 0 Å². The first-order valence-electron chi connectivity index (χ1n) is 7.44. The number of carbonyl (C=O) groups is 2. The van der Waals surface area contributed by atoms with Crippen LogP contribution in [-0.4, -0.2) is 30.2 Å². The molecule has 1 heterocycles. The van der Waals surface area contributed by atoms with Crippen LogP contribution < -0.4 is 14.8 Å². The van der Waals surface area contributed by atoms with E-state index in [9.17, 15) is 9.59 Å². The molecule has 2 rings (SSSR count). The molecule has 132 valence electrons. The lowest BCUT2D eigenvalue weighted by Crippen LogP contribution is -2.23. The van der Waals surface area contributed by atoms with Gasteiger partial charge in [0.15, 0.2) is 16.7 Å². The number of aliphatic imine (C=N–C) groups is 1. The SMILES string of the molecule is C=CCOc1c(I)cc(/C=C2/SC(NC(C)=O)=NC2=O)cc1OCC. The van der Waals surface area contributed by atoms with Gasteiger partial charge in [0.2, 0.25) is 5.91 Å². The molecule has 8 heteroatoms. The summed E-state index contributed by atoms with van der Waals surface area (Å²) in [5, 5.41) is 2.81. The van der Waals surface area contributed by atoms with Gasteiger partial charge < -0.3 is 14.8 Å². The molecule has 0 spiro atoms. The van der Waals surface area contributed by atoms with Crippen molar-refractivity contribution in [1.82, 2.24) is 5.32 Å². The fourth-order valence-corrected chi connectivity index (χ4v) is 3.62. The molecule has 1 N–H and O–H groups in total. The molecule has 0 atom stereocenters. The van der Waals surface area contributed by atoms with E-state index in [1.165, 1.54) is 6.92 Å². The third kappa shape index (κ3) is 5.33. The van der Waals surface area contributed by atoms with E-state index in [4.69, 9.17) is 9.47 Å². The quantitative estimate of drug-likeness (QED) is 0.391. The number of nitrogens with one attached hydrogen (secondary N) is 1. The Balaban J connectivity index is 2.29. The molecular weight excluding hydrogens is 455 g/mol. The van der Waals surface area contributed by atoms with Gasteiger partial charge in [-0.15, -0.1) is 0 Å². The van der Waals surface area contributed by atoms with Gasteiger partial charge in [0, 0.05) is 6.92 Å². The number of ether oxygens (including phenoxy) is 2. The number of amidine groups is 1. The van der Waals surface area contributed by atoms with E-state index in [0.717, 1.165) is 20.9 Å². The minimum absolute atomic E-state index is 0.266. The molecule has 0 radical (unpaired) electrons. The summed E-state index contributed by atoms with van der Waals surface area (Å²) in [6.45, 7) is 7.76. The van der Waals surface area contributed by atoms with E-state index in [1.807, 2.05) is 13.0 Å². The van der Waals surface area contributed by atoms with E-state index in [-0.39, 0.29) is 17.0 Å². The summed E-state index contributed by atoms with van der Waals surface area (Å²) in [5.74, 6) is 0.595. The molecule has 1 aromatic carbocycles. The van der Waals surface area contributed by atoms with Crippen LogP contribution in [0.25, 0.3) is 6.08 Å². The first kappa shape index (κ1) is 19.5. The van der Waals surface area contributed by atoms with E-state index < -0.39 is 0 Å². The van der Waals surface area contributed by atoms with Crippen molar-refractivity contribution in [2.75, 3.05) is 13.2 Å². The van der Waals surface area contributed by atoms with Crippen molar-refractivity contribution >= 4 is 57.4 Å². The number of rotatable bonds is 6. The van der Waals surface area contributed by atoms with Crippen LogP contribution in [0.15, 0.2) is 34.7 Å². The maximum atomic E-state index is 12.0. The molecule has 0 saturated carbocycles. The molecule has 0 fully saturated rings. The highest BCUT2D eigenvalue weighted by Gasteiger charge is 2.23. The standard InChI is InChI=1S/C17H17IN2O4S/c1-4-6-24-15-12(18)7-11(8-13(15)23-5-2)9-14-16(22)20-17(25-14)19-10(3)21/h4,7-9H,1,5-6H2,2-3H3,(H,19,20,21,22)/b14-9+. The average Bonchev–Trinajstić information content (AvgIpc) is 2.85. The van der Waals surface area contributed by atoms with Crippen LogP contribution in [0.1, 0.15) is 19.4 Å². The zero-order valence-corrected chi connectivity index (χ0v) is 16.8. The number of benzene rings is 1. The Morgan fingerprint density at radius 3 is 2.84 bits per heavy atom. The van der Waals surface area contributed by atoms with Crippen LogP contribution in [-0.2, 0) is 9.59 Å². The highest BCUT2D eigenvalue weighted by molar-refractivity contribution is 14.1. The van der Waals surface area contributed by atoms with E-state index in [2.05, 4.69) is 39.5 Å². The van der Waals surface area contributed by atoms with Gasteiger partial charge in [-0.05, 0) is 65.0 Å².